The summed E-state index contributed by atoms with van der Waals surface area (Å²) in [5, 5.41) is 9.05. The van der Waals surface area contributed by atoms with Crippen molar-refractivity contribution >= 4 is 11.9 Å². The molecule has 1 saturated heterocycles. The number of nitrogens with zero attached hydrogens (tertiary/aromatic N) is 1. The number of carboxylic acid groups (broad SMARTS) is 1. The van der Waals surface area contributed by atoms with Gasteiger partial charge >= 0.3 is 5.97 Å². The van der Waals surface area contributed by atoms with Gasteiger partial charge in [0, 0.05) is 18.5 Å². The second kappa shape index (κ2) is 6.73. The summed E-state index contributed by atoms with van der Waals surface area (Å²) in [6.07, 6.45) is 3.96. The molecule has 18 heavy (non-hydrogen) atoms. The molecule has 1 rings (SSSR count). The van der Waals surface area contributed by atoms with Gasteiger partial charge in [-0.15, -0.1) is 0 Å². The molecule has 104 valence electrons. The van der Waals surface area contributed by atoms with Gasteiger partial charge in [0.15, 0.2) is 0 Å². The van der Waals surface area contributed by atoms with E-state index in [1.807, 2.05) is 13.8 Å². The van der Waals surface area contributed by atoms with Crippen molar-refractivity contribution in [2.45, 2.75) is 58.0 Å². The summed E-state index contributed by atoms with van der Waals surface area (Å²) in [5.41, 5.74) is 5.67. The van der Waals surface area contributed by atoms with Crippen LogP contribution in [0.2, 0.25) is 0 Å². The topological polar surface area (TPSA) is 83.6 Å². The van der Waals surface area contributed by atoms with Gasteiger partial charge in [-0.3, -0.25) is 4.79 Å². The minimum absolute atomic E-state index is 0.0235. The zero-order valence-corrected chi connectivity index (χ0v) is 11.3. The molecule has 0 radical (unpaired) electrons. The van der Waals surface area contributed by atoms with Gasteiger partial charge in [-0.25, -0.2) is 4.79 Å². The highest BCUT2D eigenvalue weighted by Gasteiger charge is 2.35. The van der Waals surface area contributed by atoms with Gasteiger partial charge in [-0.1, -0.05) is 13.3 Å². The van der Waals surface area contributed by atoms with Crippen molar-refractivity contribution in [2.24, 2.45) is 11.7 Å². The van der Waals surface area contributed by atoms with Crippen LogP contribution >= 0.6 is 0 Å². The van der Waals surface area contributed by atoms with Crippen LogP contribution in [0.4, 0.5) is 0 Å². The van der Waals surface area contributed by atoms with Crippen molar-refractivity contribution in [3.05, 3.63) is 0 Å². The van der Waals surface area contributed by atoms with Crippen LogP contribution in [0.1, 0.15) is 46.0 Å². The number of nitrogens with two attached hydrogens (primary N) is 1. The maximum Gasteiger partial charge on any atom is 0.326 e. The molecule has 3 N–H and O–H groups in total. The van der Waals surface area contributed by atoms with E-state index in [2.05, 4.69) is 0 Å². The van der Waals surface area contributed by atoms with E-state index in [0.29, 0.717) is 13.0 Å². The van der Waals surface area contributed by atoms with Crippen molar-refractivity contribution in [2.75, 3.05) is 6.54 Å². The smallest absolute Gasteiger partial charge is 0.326 e. The lowest BCUT2D eigenvalue weighted by molar-refractivity contribution is -0.149. The minimum Gasteiger partial charge on any atom is -0.480 e. The Morgan fingerprint density at radius 1 is 1.39 bits per heavy atom. The highest BCUT2D eigenvalue weighted by Crippen LogP contribution is 2.22. The summed E-state index contributed by atoms with van der Waals surface area (Å²) in [6, 6.07) is -0.459. The molecular weight excluding hydrogens is 232 g/mol. The monoisotopic (exact) mass is 256 g/mol. The molecule has 1 fully saturated rings. The lowest BCUT2D eigenvalue weighted by atomic mass is 10.0. The van der Waals surface area contributed by atoms with Gasteiger partial charge < -0.3 is 15.7 Å². The fourth-order valence-corrected chi connectivity index (χ4v) is 2.44. The van der Waals surface area contributed by atoms with Crippen LogP contribution in [0, 0.1) is 5.92 Å². The van der Waals surface area contributed by atoms with Crippen molar-refractivity contribution in [3.8, 4) is 0 Å². The normalized spacial score (nSPS) is 22.8. The third kappa shape index (κ3) is 3.98. The molecule has 5 heteroatoms. The highest BCUT2D eigenvalue weighted by molar-refractivity contribution is 5.85. The van der Waals surface area contributed by atoms with Gasteiger partial charge in [0.2, 0.25) is 5.91 Å². The number of hydrogen-bond acceptors (Lipinski definition) is 3. The molecule has 0 aromatic rings. The van der Waals surface area contributed by atoms with E-state index in [1.165, 1.54) is 4.90 Å². The lowest BCUT2D eigenvalue weighted by Crippen LogP contribution is -2.43. The van der Waals surface area contributed by atoms with Crippen LogP contribution in [0.15, 0.2) is 0 Å². The molecule has 1 aliphatic heterocycles. The molecule has 1 aliphatic rings. The molecule has 0 saturated carbocycles. The summed E-state index contributed by atoms with van der Waals surface area (Å²) in [4.78, 5) is 24.7. The Bertz CT molecular complexity index is 305. The van der Waals surface area contributed by atoms with Gasteiger partial charge in [-0.2, -0.15) is 0 Å². The molecular formula is C13H24N2O3. The van der Waals surface area contributed by atoms with Gasteiger partial charge in [0.25, 0.3) is 0 Å². The Labute approximate surface area is 108 Å². The molecule has 3 atom stereocenters. The number of carboxylic acids is 1. The predicted molar refractivity (Wildman–Crippen MR) is 69.0 cm³/mol. The van der Waals surface area contributed by atoms with Gasteiger partial charge in [0.1, 0.15) is 6.04 Å². The average Bonchev–Trinajstić information content (AvgIpc) is 2.76. The maximum absolute atomic E-state index is 12.2. The Balaban J connectivity index is 2.45. The first-order valence-corrected chi connectivity index (χ1v) is 6.72. The predicted octanol–water partition coefficient (Wildman–Crippen LogP) is 1.22. The molecule has 0 aromatic heterocycles. The number of aliphatic carboxylic acids is 1. The molecule has 0 spiro atoms. The Morgan fingerprint density at radius 3 is 2.61 bits per heavy atom. The molecule has 2 unspecified atom stereocenters. The molecule has 1 heterocycles. The summed E-state index contributed by atoms with van der Waals surface area (Å²) in [7, 11) is 0. The zero-order valence-electron chi connectivity index (χ0n) is 11.3. The van der Waals surface area contributed by atoms with E-state index in [0.717, 1.165) is 25.7 Å². The van der Waals surface area contributed by atoms with E-state index in [4.69, 9.17) is 10.8 Å². The Hall–Kier alpha value is -1.10. The van der Waals surface area contributed by atoms with E-state index in [9.17, 15) is 9.59 Å². The third-order valence-electron chi connectivity index (χ3n) is 3.54. The SMILES string of the molecule is CC(N)CCCC(C)C(=O)N1CCC[C@H]1C(=O)O. The maximum atomic E-state index is 12.2. The molecule has 0 aliphatic carbocycles. The van der Waals surface area contributed by atoms with Crippen LogP contribution in [0.3, 0.4) is 0 Å². The number of carbonyl (C=O) groups is 2. The van der Waals surface area contributed by atoms with E-state index in [-0.39, 0.29) is 17.9 Å². The van der Waals surface area contributed by atoms with Crippen molar-refractivity contribution in [3.63, 3.8) is 0 Å². The first-order valence-electron chi connectivity index (χ1n) is 6.72. The summed E-state index contributed by atoms with van der Waals surface area (Å²) >= 11 is 0. The number of likely N-dealkylation sites (tertiary alicyclic amines) is 1. The van der Waals surface area contributed by atoms with Crippen LogP contribution in [-0.2, 0) is 9.59 Å². The van der Waals surface area contributed by atoms with Crippen LogP contribution in [-0.4, -0.2) is 40.5 Å². The standard InChI is InChI=1S/C13H24N2O3/c1-9(5-3-6-10(2)14)12(16)15-8-4-7-11(15)13(17)18/h9-11H,3-8,14H2,1-2H3,(H,17,18)/t9?,10?,11-/m0/s1. The Kier molecular flexibility index (Phi) is 5.59. The first-order chi connectivity index (χ1) is 8.43. The quantitative estimate of drug-likeness (QED) is 0.748. The number of hydrogen-bond donors (Lipinski definition) is 2. The molecule has 0 bridgehead atoms. The van der Waals surface area contributed by atoms with E-state index < -0.39 is 12.0 Å². The van der Waals surface area contributed by atoms with Crippen LogP contribution < -0.4 is 5.73 Å². The molecule has 1 amide bonds. The average molecular weight is 256 g/mol. The van der Waals surface area contributed by atoms with E-state index >= 15 is 0 Å². The molecule has 0 aromatic carbocycles. The van der Waals surface area contributed by atoms with Gasteiger partial charge in [0.05, 0.1) is 0 Å². The molecule has 5 nitrogen and oxygen atoms in total. The lowest BCUT2D eigenvalue weighted by Gasteiger charge is -2.25. The number of rotatable bonds is 6. The number of carbonyl (C=O) groups excluding carboxylic acids is 1. The van der Waals surface area contributed by atoms with Gasteiger partial charge in [-0.05, 0) is 32.6 Å². The fourth-order valence-electron chi connectivity index (χ4n) is 2.44. The van der Waals surface area contributed by atoms with Crippen molar-refractivity contribution in [1.82, 2.24) is 4.90 Å². The summed E-state index contributed by atoms with van der Waals surface area (Å²) in [6.45, 7) is 4.40. The second-order valence-corrected chi connectivity index (χ2v) is 5.34. The van der Waals surface area contributed by atoms with E-state index in [1.54, 1.807) is 0 Å². The second-order valence-electron chi connectivity index (χ2n) is 5.34. The number of amides is 1. The van der Waals surface area contributed by atoms with Crippen molar-refractivity contribution < 1.29 is 14.7 Å². The largest absolute Gasteiger partial charge is 0.480 e. The zero-order chi connectivity index (χ0) is 13.7. The Morgan fingerprint density at radius 2 is 2.06 bits per heavy atom. The first kappa shape index (κ1) is 15.0. The highest BCUT2D eigenvalue weighted by atomic mass is 16.4. The minimum atomic E-state index is -0.886. The van der Waals surface area contributed by atoms with Crippen molar-refractivity contribution in [1.29, 1.82) is 0 Å². The van der Waals surface area contributed by atoms with Crippen LogP contribution in [0.5, 0.6) is 0 Å². The third-order valence-corrected chi connectivity index (χ3v) is 3.54. The van der Waals surface area contributed by atoms with Crippen LogP contribution in [0.25, 0.3) is 0 Å². The fraction of sp³-hybridized carbons (Fsp3) is 0.846. The summed E-state index contributed by atoms with van der Waals surface area (Å²) < 4.78 is 0. The summed E-state index contributed by atoms with van der Waals surface area (Å²) in [5.74, 6) is -1.02.